The summed E-state index contributed by atoms with van der Waals surface area (Å²) in [6.45, 7) is 5.10. The molecule has 3 N–H and O–H groups in total. The highest BCUT2D eigenvalue weighted by molar-refractivity contribution is 5.90. The van der Waals surface area contributed by atoms with Gasteiger partial charge in [-0.2, -0.15) is 0 Å². The summed E-state index contributed by atoms with van der Waals surface area (Å²) in [5, 5.41) is 8.79. The first-order valence-corrected chi connectivity index (χ1v) is 7.52. The fraction of sp³-hybridized carbons (Fsp3) is 0.500. The fourth-order valence-electron chi connectivity index (χ4n) is 2.50. The summed E-state index contributed by atoms with van der Waals surface area (Å²) in [7, 11) is 0. The van der Waals surface area contributed by atoms with E-state index in [2.05, 4.69) is 16.0 Å². The van der Waals surface area contributed by atoms with E-state index in [9.17, 15) is 9.59 Å². The maximum absolute atomic E-state index is 12.4. The molecule has 1 aromatic rings. The van der Waals surface area contributed by atoms with Crippen LogP contribution in [0.3, 0.4) is 0 Å². The molecule has 1 heterocycles. The van der Waals surface area contributed by atoms with Crippen molar-refractivity contribution in [3.05, 3.63) is 35.4 Å². The average Bonchev–Trinajstić information content (AvgIpc) is 2.51. The Balaban J connectivity index is 2.00. The highest BCUT2D eigenvalue weighted by atomic mass is 16.2. The molecule has 0 aliphatic carbocycles. The van der Waals surface area contributed by atoms with Gasteiger partial charge >= 0.3 is 0 Å². The Morgan fingerprint density at radius 3 is 2.90 bits per heavy atom. The summed E-state index contributed by atoms with van der Waals surface area (Å²) in [6, 6.07) is 7.03. The topological polar surface area (TPSA) is 70.2 Å². The van der Waals surface area contributed by atoms with Gasteiger partial charge < -0.3 is 16.0 Å². The lowest BCUT2D eigenvalue weighted by Crippen LogP contribution is -2.49. The molecule has 2 rings (SSSR count). The number of nitrogens with one attached hydrogen (secondary N) is 3. The zero-order valence-corrected chi connectivity index (χ0v) is 12.6. The number of benzene rings is 1. The van der Waals surface area contributed by atoms with Gasteiger partial charge in [0.15, 0.2) is 0 Å². The molecule has 5 nitrogen and oxygen atoms in total. The molecule has 5 heteroatoms. The lowest BCUT2D eigenvalue weighted by atomic mass is 9.94. The van der Waals surface area contributed by atoms with Gasteiger partial charge in [-0.25, -0.2) is 0 Å². The zero-order chi connectivity index (χ0) is 15.2. The van der Waals surface area contributed by atoms with Crippen molar-refractivity contribution in [3.63, 3.8) is 0 Å². The molecule has 0 fully saturated rings. The summed E-state index contributed by atoms with van der Waals surface area (Å²) in [6.07, 6.45) is 1.80. The Morgan fingerprint density at radius 1 is 1.38 bits per heavy atom. The summed E-state index contributed by atoms with van der Waals surface area (Å²) in [5.41, 5.74) is 2.20. The van der Waals surface area contributed by atoms with Gasteiger partial charge in [-0.1, -0.05) is 31.2 Å². The number of carbonyl (C=O) groups excluding carboxylic acids is 2. The highest BCUT2D eigenvalue weighted by Gasteiger charge is 2.27. The molecule has 0 saturated carbocycles. The van der Waals surface area contributed by atoms with Gasteiger partial charge in [0.1, 0.15) is 12.1 Å². The average molecular weight is 289 g/mol. The van der Waals surface area contributed by atoms with Crippen molar-refractivity contribution in [1.29, 1.82) is 0 Å². The second-order valence-electron chi connectivity index (χ2n) is 5.36. The minimum atomic E-state index is -0.528. The molecular formula is C16H23N3O2. The van der Waals surface area contributed by atoms with Crippen molar-refractivity contribution >= 4 is 11.8 Å². The van der Waals surface area contributed by atoms with Crippen molar-refractivity contribution in [1.82, 2.24) is 16.0 Å². The van der Waals surface area contributed by atoms with Crippen LogP contribution in [-0.2, 0) is 16.0 Å². The quantitative estimate of drug-likeness (QED) is 0.754. The molecule has 0 spiro atoms. The maximum Gasteiger partial charge on any atom is 0.242 e. The third-order valence-corrected chi connectivity index (χ3v) is 3.67. The van der Waals surface area contributed by atoms with E-state index in [1.54, 1.807) is 6.92 Å². The van der Waals surface area contributed by atoms with E-state index in [1.165, 1.54) is 5.56 Å². The van der Waals surface area contributed by atoms with E-state index in [4.69, 9.17) is 0 Å². The molecule has 1 aromatic carbocycles. The van der Waals surface area contributed by atoms with E-state index >= 15 is 0 Å². The highest BCUT2D eigenvalue weighted by Crippen LogP contribution is 2.22. The van der Waals surface area contributed by atoms with Crippen LogP contribution in [0.4, 0.5) is 0 Å². The van der Waals surface area contributed by atoms with Crippen LogP contribution in [0.2, 0.25) is 0 Å². The summed E-state index contributed by atoms with van der Waals surface area (Å²) < 4.78 is 0. The van der Waals surface area contributed by atoms with E-state index in [-0.39, 0.29) is 17.9 Å². The van der Waals surface area contributed by atoms with Crippen molar-refractivity contribution in [3.8, 4) is 0 Å². The predicted molar refractivity (Wildman–Crippen MR) is 81.8 cm³/mol. The number of rotatable bonds is 5. The second-order valence-corrected chi connectivity index (χ2v) is 5.36. The Labute approximate surface area is 125 Å². The molecule has 0 radical (unpaired) electrons. The van der Waals surface area contributed by atoms with Gasteiger partial charge in [0.25, 0.3) is 0 Å². The van der Waals surface area contributed by atoms with Crippen LogP contribution < -0.4 is 16.0 Å². The van der Waals surface area contributed by atoms with Crippen molar-refractivity contribution < 1.29 is 9.59 Å². The Bertz CT molecular complexity index is 516. The second kappa shape index (κ2) is 7.22. The van der Waals surface area contributed by atoms with Crippen molar-refractivity contribution in [2.75, 3.05) is 13.1 Å². The number of carbonyl (C=O) groups is 2. The molecule has 2 amide bonds. The first-order valence-electron chi connectivity index (χ1n) is 7.52. The van der Waals surface area contributed by atoms with Crippen LogP contribution in [0.5, 0.6) is 0 Å². The molecule has 0 aromatic heterocycles. The Morgan fingerprint density at radius 2 is 2.14 bits per heavy atom. The third-order valence-electron chi connectivity index (χ3n) is 3.67. The van der Waals surface area contributed by atoms with Crippen LogP contribution in [0, 0.1) is 0 Å². The van der Waals surface area contributed by atoms with E-state index < -0.39 is 6.04 Å². The van der Waals surface area contributed by atoms with Crippen LogP contribution in [0.1, 0.15) is 37.4 Å². The van der Waals surface area contributed by atoms with Gasteiger partial charge in [-0.15, -0.1) is 0 Å². The lowest BCUT2D eigenvalue weighted by molar-refractivity contribution is -0.129. The zero-order valence-electron chi connectivity index (χ0n) is 12.6. The number of fused-ring (bicyclic) bond motifs is 1. The molecule has 1 aliphatic rings. The van der Waals surface area contributed by atoms with Crippen LogP contribution in [0.25, 0.3) is 0 Å². The molecule has 114 valence electrons. The van der Waals surface area contributed by atoms with Crippen LogP contribution >= 0.6 is 0 Å². The molecule has 1 aliphatic heterocycles. The van der Waals surface area contributed by atoms with E-state index in [1.807, 2.05) is 31.2 Å². The Kier molecular flexibility index (Phi) is 5.33. The maximum atomic E-state index is 12.4. The largest absolute Gasteiger partial charge is 0.354 e. The minimum absolute atomic E-state index is 0.144. The first-order chi connectivity index (χ1) is 10.1. The standard InChI is InChI=1S/C16H23N3O2/c1-3-9-18-15(20)11(2)19-16(21)14-13-7-5-4-6-12(13)8-10-17-14/h4-7,11,14,17H,3,8-10H2,1-2H3,(H,18,20)(H,19,21). The summed E-state index contributed by atoms with van der Waals surface area (Å²) in [4.78, 5) is 24.2. The molecular weight excluding hydrogens is 266 g/mol. The van der Waals surface area contributed by atoms with Crippen LogP contribution in [0.15, 0.2) is 24.3 Å². The van der Waals surface area contributed by atoms with Crippen LogP contribution in [-0.4, -0.2) is 30.9 Å². The van der Waals surface area contributed by atoms with Gasteiger partial charge in [-0.3, -0.25) is 9.59 Å². The third kappa shape index (κ3) is 3.82. The number of hydrogen-bond acceptors (Lipinski definition) is 3. The number of amides is 2. The van der Waals surface area contributed by atoms with E-state index in [0.29, 0.717) is 6.54 Å². The lowest BCUT2D eigenvalue weighted by Gasteiger charge is -2.27. The molecule has 2 unspecified atom stereocenters. The van der Waals surface area contributed by atoms with Gasteiger partial charge in [0.05, 0.1) is 0 Å². The molecule has 21 heavy (non-hydrogen) atoms. The van der Waals surface area contributed by atoms with Crippen molar-refractivity contribution in [2.45, 2.75) is 38.8 Å². The monoisotopic (exact) mass is 289 g/mol. The summed E-state index contributed by atoms with van der Waals surface area (Å²) >= 11 is 0. The van der Waals surface area contributed by atoms with Gasteiger partial charge in [-0.05, 0) is 30.9 Å². The fourth-order valence-corrected chi connectivity index (χ4v) is 2.50. The smallest absolute Gasteiger partial charge is 0.242 e. The number of hydrogen-bond donors (Lipinski definition) is 3. The predicted octanol–water partition coefficient (Wildman–Crippen LogP) is 0.904. The molecule has 2 atom stereocenters. The summed E-state index contributed by atoms with van der Waals surface area (Å²) in [5.74, 6) is -0.296. The Hall–Kier alpha value is -1.88. The van der Waals surface area contributed by atoms with E-state index in [0.717, 1.165) is 24.9 Å². The van der Waals surface area contributed by atoms with Crippen molar-refractivity contribution in [2.24, 2.45) is 0 Å². The van der Waals surface area contributed by atoms with Gasteiger partial charge in [0, 0.05) is 13.1 Å². The molecule has 0 saturated heterocycles. The van der Waals surface area contributed by atoms with Gasteiger partial charge in [0.2, 0.25) is 11.8 Å². The first kappa shape index (κ1) is 15.5. The normalized spacial score (nSPS) is 18.5. The SMILES string of the molecule is CCCNC(=O)C(C)NC(=O)C1NCCc2ccccc21. The minimum Gasteiger partial charge on any atom is -0.354 e. The molecule has 0 bridgehead atoms.